The van der Waals surface area contributed by atoms with E-state index in [1.54, 1.807) is 7.05 Å². The van der Waals surface area contributed by atoms with Gasteiger partial charge in [0.2, 0.25) is 0 Å². The molecule has 1 aliphatic heterocycles. The molecule has 1 saturated heterocycles. The first-order valence-electron chi connectivity index (χ1n) is 8.07. The lowest BCUT2D eigenvalue weighted by molar-refractivity contribution is 0.181. The molecule has 0 bridgehead atoms. The Labute approximate surface area is 164 Å². The van der Waals surface area contributed by atoms with E-state index >= 15 is 0 Å². The number of ether oxygens (including phenoxy) is 1. The van der Waals surface area contributed by atoms with Crippen molar-refractivity contribution in [3.05, 3.63) is 35.9 Å². The molecule has 2 atom stereocenters. The standard InChI is InChI=1S/C17H27N3O2S.HI/c1-18-17(20(2)12-16-8-10-22-13-16)19-9-11-23(21)14-15-6-4-3-5-7-15;/h3-7,16H,8-14H2,1-2H3,(H,18,19);1H. The summed E-state index contributed by atoms with van der Waals surface area (Å²) in [5, 5.41) is 3.30. The van der Waals surface area contributed by atoms with Crippen LogP contribution in [0.3, 0.4) is 0 Å². The van der Waals surface area contributed by atoms with Gasteiger partial charge in [-0.3, -0.25) is 9.20 Å². The second kappa shape index (κ2) is 11.8. The van der Waals surface area contributed by atoms with E-state index in [9.17, 15) is 4.21 Å². The average Bonchev–Trinajstić information content (AvgIpc) is 3.05. The van der Waals surface area contributed by atoms with Crippen molar-refractivity contribution in [3.63, 3.8) is 0 Å². The summed E-state index contributed by atoms with van der Waals surface area (Å²) in [6.07, 6.45) is 1.11. The molecule has 2 rings (SSSR count). The number of halogens is 1. The highest BCUT2D eigenvalue weighted by atomic mass is 127. The van der Waals surface area contributed by atoms with E-state index in [0.29, 0.717) is 24.0 Å². The van der Waals surface area contributed by atoms with Crippen LogP contribution < -0.4 is 5.32 Å². The molecule has 1 aromatic carbocycles. The molecule has 1 heterocycles. The number of nitrogens with zero attached hydrogens (tertiary/aromatic N) is 2. The number of nitrogens with one attached hydrogen (secondary N) is 1. The van der Waals surface area contributed by atoms with E-state index < -0.39 is 10.8 Å². The SMILES string of the molecule is CN=C(NCCS(=O)Cc1ccccc1)N(C)CC1CCOC1.I. The van der Waals surface area contributed by atoms with Gasteiger partial charge < -0.3 is 15.0 Å². The highest BCUT2D eigenvalue weighted by Crippen LogP contribution is 2.13. The number of guanidine groups is 1. The quantitative estimate of drug-likeness (QED) is 0.381. The second-order valence-electron chi connectivity index (χ2n) is 5.86. The molecule has 136 valence electrons. The molecule has 1 aliphatic rings. The Bertz CT molecular complexity index is 522. The van der Waals surface area contributed by atoms with Crippen LogP contribution in [0.25, 0.3) is 0 Å². The van der Waals surface area contributed by atoms with Crippen molar-refractivity contribution in [2.45, 2.75) is 12.2 Å². The second-order valence-corrected chi connectivity index (χ2v) is 7.43. The van der Waals surface area contributed by atoms with Crippen molar-refractivity contribution in [2.24, 2.45) is 10.9 Å². The van der Waals surface area contributed by atoms with Gasteiger partial charge in [-0.05, 0) is 12.0 Å². The number of benzene rings is 1. The van der Waals surface area contributed by atoms with Gasteiger partial charge in [0.05, 0.1) is 6.61 Å². The summed E-state index contributed by atoms with van der Waals surface area (Å²) in [4.78, 5) is 6.43. The van der Waals surface area contributed by atoms with Crippen LogP contribution in [-0.4, -0.2) is 61.2 Å². The van der Waals surface area contributed by atoms with Crippen LogP contribution >= 0.6 is 24.0 Å². The molecule has 0 aromatic heterocycles. The van der Waals surface area contributed by atoms with Crippen LogP contribution in [-0.2, 0) is 21.3 Å². The maximum atomic E-state index is 12.1. The number of hydrogen-bond donors (Lipinski definition) is 1. The first kappa shape index (κ1) is 21.4. The van der Waals surface area contributed by atoms with E-state index in [2.05, 4.69) is 15.2 Å². The maximum Gasteiger partial charge on any atom is 0.193 e. The molecule has 0 amide bonds. The van der Waals surface area contributed by atoms with Crippen molar-refractivity contribution >= 4 is 40.7 Å². The molecule has 0 spiro atoms. The van der Waals surface area contributed by atoms with Crippen molar-refractivity contribution in [2.75, 3.05) is 46.2 Å². The fourth-order valence-corrected chi connectivity index (χ4v) is 3.73. The highest BCUT2D eigenvalue weighted by Gasteiger charge is 2.19. The van der Waals surface area contributed by atoms with Crippen LogP contribution in [0.5, 0.6) is 0 Å². The molecule has 1 aromatic rings. The zero-order valence-corrected chi connectivity index (χ0v) is 17.6. The van der Waals surface area contributed by atoms with E-state index in [4.69, 9.17) is 4.74 Å². The Kier molecular flexibility index (Phi) is 10.5. The summed E-state index contributed by atoms with van der Waals surface area (Å²) in [6, 6.07) is 9.97. The Morgan fingerprint density at radius 3 is 2.79 bits per heavy atom. The lowest BCUT2D eigenvalue weighted by Gasteiger charge is -2.24. The minimum atomic E-state index is -0.863. The number of rotatable bonds is 7. The van der Waals surface area contributed by atoms with Gasteiger partial charge in [-0.1, -0.05) is 30.3 Å². The van der Waals surface area contributed by atoms with Gasteiger partial charge in [-0.15, -0.1) is 24.0 Å². The molecule has 24 heavy (non-hydrogen) atoms. The van der Waals surface area contributed by atoms with Gasteiger partial charge in [-0.25, -0.2) is 0 Å². The zero-order valence-electron chi connectivity index (χ0n) is 14.4. The lowest BCUT2D eigenvalue weighted by atomic mass is 10.1. The first-order chi connectivity index (χ1) is 11.2. The van der Waals surface area contributed by atoms with E-state index in [-0.39, 0.29) is 24.0 Å². The normalized spacial score (nSPS) is 18.8. The summed E-state index contributed by atoms with van der Waals surface area (Å²) in [5.41, 5.74) is 1.12. The van der Waals surface area contributed by atoms with Gasteiger partial charge >= 0.3 is 0 Å². The summed E-state index contributed by atoms with van der Waals surface area (Å²) in [6.45, 7) is 3.30. The molecule has 1 N–H and O–H groups in total. The van der Waals surface area contributed by atoms with Gasteiger partial charge in [-0.2, -0.15) is 0 Å². The summed E-state index contributed by atoms with van der Waals surface area (Å²) < 4.78 is 17.5. The van der Waals surface area contributed by atoms with Crippen LogP contribution in [0, 0.1) is 5.92 Å². The van der Waals surface area contributed by atoms with E-state index in [1.165, 1.54) is 0 Å². The zero-order chi connectivity index (χ0) is 16.5. The van der Waals surface area contributed by atoms with E-state index in [1.807, 2.05) is 37.4 Å². The molecular formula is C17H28IN3O2S. The van der Waals surface area contributed by atoms with Crippen molar-refractivity contribution in [1.82, 2.24) is 10.2 Å². The molecule has 1 fully saturated rings. The van der Waals surface area contributed by atoms with Crippen LogP contribution in [0.4, 0.5) is 0 Å². The fraction of sp³-hybridized carbons (Fsp3) is 0.588. The monoisotopic (exact) mass is 465 g/mol. The summed E-state index contributed by atoms with van der Waals surface area (Å²) in [7, 11) is 2.96. The molecule has 7 heteroatoms. The van der Waals surface area contributed by atoms with Crippen LogP contribution in [0.2, 0.25) is 0 Å². The molecule has 0 aliphatic carbocycles. The van der Waals surface area contributed by atoms with Crippen LogP contribution in [0.1, 0.15) is 12.0 Å². The number of hydrogen-bond acceptors (Lipinski definition) is 3. The predicted molar refractivity (Wildman–Crippen MR) is 111 cm³/mol. The van der Waals surface area contributed by atoms with Crippen molar-refractivity contribution in [1.29, 1.82) is 0 Å². The minimum Gasteiger partial charge on any atom is -0.381 e. The van der Waals surface area contributed by atoms with Crippen molar-refractivity contribution < 1.29 is 8.95 Å². The lowest BCUT2D eigenvalue weighted by Crippen LogP contribution is -2.42. The van der Waals surface area contributed by atoms with Crippen LogP contribution in [0.15, 0.2) is 35.3 Å². The summed E-state index contributed by atoms with van der Waals surface area (Å²) in [5.74, 6) is 2.66. The predicted octanol–water partition coefficient (Wildman–Crippen LogP) is 2.10. The Balaban J connectivity index is 0.00000288. The molecule has 0 radical (unpaired) electrons. The van der Waals surface area contributed by atoms with E-state index in [0.717, 1.165) is 37.7 Å². The third kappa shape index (κ3) is 7.48. The van der Waals surface area contributed by atoms with Gasteiger partial charge in [0.1, 0.15) is 0 Å². The van der Waals surface area contributed by atoms with Gasteiger partial charge in [0, 0.05) is 62.0 Å². The average molecular weight is 465 g/mol. The van der Waals surface area contributed by atoms with Gasteiger partial charge in [0.25, 0.3) is 0 Å². The van der Waals surface area contributed by atoms with Crippen molar-refractivity contribution in [3.8, 4) is 0 Å². The Hall–Kier alpha value is -0.670. The smallest absolute Gasteiger partial charge is 0.193 e. The molecular weight excluding hydrogens is 437 g/mol. The minimum absolute atomic E-state index is 0. The third-order valence-corrected chi connectivity index (χ3v) is 5.23. The first-order valence-corrected chi connectivity index (χ1v) is 9.56. The number of aliphatic imine (C=N–C) groups is 1. The topological polar surface area (TPSA) is 53.9 Å². The Morgan fingerprint density at radius 1 is 1.42 bits per heavy atom. The summed E-state index contributed by atoms with van der Waals surface area (Å²) >= 11 is 0. The third-order valence-electron chi connectivity index (χ3n) is 3.91. The molecule has 5 nitrogen and oxygen atoms in total. The van der Waals surface area contributed by atoms with Gasteiger partial charge in [0.15, 0.2) is 5.96 Å². The highest BCUT2D eigenvalue weighted by molar-refractivity contribution is 14.0. The maximum absolute atomic E-state index is 12.1. The molecule has 2 unspecified atom stereocenters. The molecule has 0 saturated carbocycles. The fourth-order valence-electron chi connectivity index (χ4n) is 2.69. The Morgan fingerprint density at radius 2 is 2.17 bits per heavy atom. The largest absolute Gasteiger partial charge is 0.381 e.